The molecule has 0 atom stereocenters. The first-order valence-corrected chi connectivity index (χ1v) is 4.64. The van der Waals surface area contributed by atoms with Gasteiger partial charge in [0.25, 0.3) is 0 Å². The second-order valence-electron chi connectivity index (χ2n) is 2.41. The zero-order chi connectivity index (χ0) is 12.0. The molecule has 0 spiro atoms. The zero-order valence-electron chi connectivity index (χ0n) is 8.63. The summed E-state index contributed by atoms with van der Waals surface area (Å²) >= 11 is 0. The first kappa shape index (κ1) is 15.7. The van der Waals surface area contributed by atoms with Gasteiger partial charge in [-0.05, 0) is 0 Å². The van der Waals surface area contributed by atoms with E-state index in [9.17, 15) is 26.0 Å². The maximum absolute atomic E-state index is 12.7. The Labute approximate surface area is 110 Å². The Hall–Kier alpha value is -0.350. The van der Waals surface area contributed by atoms with Gasteiger partial charge in [0, 0.05) is 0 Å². The molecule has 0 amide bonds. The summed E-state index contributed by atoms with van der Waals surface area (Å²) in [6.45, 7) is 0. The Kier molecular flexibility index (Phi) is 4.77. The molecule has 0 unspecified atom stereocenters. The first-order chi connectivity index (χ1) is 6.68. The molecule has 16 heavy (non-hydrogen) atoms. The van der Waals surface area contributed by atoms with Crippen molar-refractivity contribution in [3.8, 4) is 5.75 Å². The standard InChI is InChI=1S/C6H2F4O4S.Na.H/c7-1-3(9)6(15(12,13)14)4(10)2(8)5(1)11;;/h11H,(H,12,13,14);;/q;+1;-1. The van der Waals surface area contributed by atoms with Gasteiger partial charge in [-0.3, -0.25) is 4.55 Å². The predicted molar refractivity (Wildman–Crippen MR) is 38.9 cm³/mol. The Morgan fingerprint density at radius 1 is 0.938 bits per heavy atom. The van der Waals surface area contributed by atoms with E-state index < -0.39 is 44.0 Å². The Balaban J connectivity index is 0. The fourth-order valence-corrected chi connectivity index (χ4v) is 1.46. The van der Waals surface area contributed by atoms with Crippen LogP contribution in [-0.2, 0) is 10.1 Å². The molecule has 2 N–H and O–H groups in total. The van der Waals surface area contributed by atoms with Crippen LogP contribution < -0.4 is 29.6 Å². The smallest absolute Gasteiger partial charge is 1.00 e. The van der Waals surface area contributed by atoms with Gasteiger partial charge in [-0.1, -0.05) is 0 Å². The monoisotopic (exact) mass is 270 g/mol. The van der Waals surface area contributed by atoms with E-state index in [4.69, 9.17) is 9.66 Å². The second kappa shape index (κ2) is 4.88. The molecule has 10 heteroatoms. The quantitative estimate of drug-likeness (QED) is 0.276. The zero-order valence-corrected chi connectivity index (χ0v) is 10.4. The van der Waals surface area contributed by atoms with Crippen LogP contribution in [0.4, 0.5) is 17.6 Å². The molecule has 0 heterocycles. The summed E-state index contributed by atoms with van der Waals surface area (Å²) in [7, 11) is -5.47. The number of rotatable bonds is 1. The van der Waals surface area contributed by atoms with Crippen LogP contribution >= 0.6 is 0 Å². The summed E-state index contributed by atoms with van der Waals surface area (Å²) in [5.41, 5.74) is 0. The third kappa shape index (κ3) is 2.48. The summed E-state index contributed by atoms with van der Waals surface area (Å²) < 4.78 is 79.5. The summed E-state index contributed by atoms with van der Waals surface area (Å²) in [5.74, 6) is -11.4. The molecule has 0 radical (unpaired) electrons. The van der Waals surface area contributed by atoms with E-state index >= 15 is 0 Å². The van der Waals surface area contributed by atoms with Crippen molar-refractivity contribution in [3.05, 3.63) is 23.3 Å². The maximum Gasteiger partial charge on any atom is 1.00 e. The van der Waals surface area contributed by atoms with E-state index in [0.717, 1.165) is 0 Å². The normalized spacial score (nSPS) is 11.1. The van der Waals surface area contributed by atoms with Crippen molar-refractivity contribution in [1.82, 2.24) is 0 Å². The Morgan fingerprint density at radius 2 is 1.25 bits per heavy atom. The third-order valence-corrected chi connectivity index (χ3v) is 2.33. The van der Waals surface area contributed by atoms with Gasteiger partial charge in [-0.2, -0.15) is 17.2 Å². The number of benzene rings is 1. The SMILES string of the molecule is O=S(=O)(O)c1c(F)c(F)c(O)c(F)c1F.[H-].[Na+]. The molecule has 0 saturated carbocycles. The minimum atomic E-state index is -5.47. The topological polar surface area (TPSA) is 74.6 Å². The molecule has 0 fully saturated rings. The van der Waals surface area contributed by atoms with E-state index in [1.807, 2.05) is 0 Å². The number of hydrogen-bond acceptors (Lipinski definition) is 3. The second-order valence-corrected chi connectivity index (χ2v) is 3.77. The van der Waals surface area contributed by atoms with Crippen molar-refractivity contribution in [1.29, 1.82) is 0 Å². The Morgan fingerprint density at radius 3 is 1.50 bits per heavy atom. The Bertz CT molecular complexity index is 506. The van der Waals surface area contributed by atoms with Crippen LogP contribution in [0.1, 0.15) is 1.43 Å². The fourth-order valence-electron chi connectivity index (χ4n) is 0.826. The predicted octanol–water partition coefficient (Wildman–Crippen LogP) is -1.69. The van der Waals surface area contributed by atoms with E-state index in [1.165, 1.54) is 0 Å². The van der Waals surface area contributed by atoms with Crippen LogP contribution in [0.25, 0.3) is 0 Å². The van der Waals surface area contributed by atoms with Crippen LogP contribution in [-0.4, -0.2) is 18.1 Å². The molecule has 1 aromatic rings. The van der Waals surface area contributed by atoms with Gasteiger partial charge >= 0.3 is 39.7 Å². The number of phenols is 1. The average molecular weight is 270 g/mol. The van der Waals surface area contributed by atoms with Crippen LogP contribution in [0.3, 0.4) is 0 Å². The average Bonchev–Trinajstić information content (AvgIpc) is 2.09. The molecule has 0 aliphatic heterocycles. The molecule has 0 aromatic heterocycles. The number of phenolic OH excluding ortho intramolecular Hbond substituents is 1. The third-order valence-electron chi connectivity index (χ3n) is 1.46. The molecule has 0 bridgehead atoms. The van der Waals surface area contributed by atoms with Crippen molar-refractivity contribution in [2.45, 2.75) is 4.90 Å². The molecular formula is C6H3F4NaO4S. The number of hydrogen-bond donors (Lipinski definition) is 2. The van der Waals surface area contributed by atoms with Gasteiger partial charge in [-0.25, -0.2) is 8.78 Å². The summed E-state index contributed by atoms with van der Waals surface area (Å²) in [4.78, 5) is -2.18. The molecular weight excluding hydrogens is 267 g/mol. The fraction of sp³-hybridized carbons (Fsp3) is 0. The largest absolute Gasteiger partial charge is 1.00 e. The number of halogens is 4. The van der Waals surface area contributed by atoms with Gasteiger partial charge in [0.1, 0.15) is 0 Å². The van der Waals surface area contributed by atoms with Gasteiger partial charge in [0.15, 0.2) is 22.3 Å². The van der Waals surface area contributed by atoms with Gasteiger partial charge < -0.3 is 6.53 Å². The van der Waals surface area contributed by atoms with E-state index in [2.05, 4.69) is 0 Å². The molecule has 0 aliphatic carbocycles. The molecule has 0 aliphatic rings. The van der Waals surface area contributed by atoms with Crippen LogP contribution in [0, 0.1) is 23.3 Å². The van der Waals surface area contributed by atoms with E-state index in [-0.39, 0.29) is 31.0 Å². The summed E-state index contributed by atoms with van der Waals surface area (Å²) in [6.07, 6.45) is 0. The number of aromatic hydroxyl groups is 1. The molecule has 0 saturated heterocycles. The van der Waals surface area contributed by atoms with E-state index in [1.54, 1.807) is 0 Å². The van der Waals surface area contributed by atoms with Gasteiger partial charge in [0.05, 0.1) is 0 Å². The van der Waals surface area contributed by atoms with Crippen LogP contribution in [0.15, 0.2) is 4.90 Å². The van der Waals surface area contributed by atoms with Crippen molar-refractivity contribution in [3.63, 3.8) is 0 Å². The van der Waals surface area contributed by atoms with Gasteiger partial charge in [0.2, 0.25) is 11.6 Å². The maximum atomic E-state index is 12.7. The van der Waals surface area contributed by atoms with Crippen molar-refractivity contribution < 1.29 is 66.6 Å². The summed E-state index contributed by atoms with van der Waals surface area (Å²) in [6, 6.07) is 0. The molecule has 86 valence electrons. The minimum absolute atomic E-state index is 0. The van der Waals surface area contributed by atoms with Crippen molar-refractivity contribution in [2.75, 3.05) is 0 Å². The summed E-state index contributed by atoms with van der Waals surface area (Å²) in [5, 5.41) is 8.45. The van der Waals surface area contributed by atoms with Crippen molar-refractivity contribution in [2.24, 2.45) is 0 Å². The van der Waals surface area contributed by atoms with Gasteiger partial charge in [-0.15, -0.1) is 0 Å². The van der Waals surface area contributed by atoms with Crippen LogP contribution in [0.2, 0.25) is 0 Å². The molecule has 4 nitrogen and oxygen atoms in total. The van der Waals surface area contributed by atoms with Crippen molar-refractivity contribution >= 4 is 10.1 Å². The van der Waals surface area contributed by atoms with E-state index in [0.29, 0.717) is 0 Å². The van der Waals surface area contributed by atoms with Crippen LogP contribution in [0.5, 0.6) is 5.75 Å². The molecule has 1 aromatic carbocycles. The first-order valence-electron chi connectivity index (χ1n) is 3.20. The molecule has 1 rings (SSSR count). The minimum Gasteiger partial charge on any atom is -1.00 e.